The predicted octanol–water partition coefficient (Wildman–Crippen LogP) is 0.831. The predicted molar refractivity (Wildman–Crippen MR) is 53.4 cm³/mol. The van der Waals surface area contributed by atoms with Crippen LogP contribution >= 0.6 is 0 Å². The van der Waals surface area contributed by atoms with Crippen molar-refractivity contribution in [3.63, 3.8) is 0 Å². The number of rotatable bonds is 0. The van der Waals surface area contributed by atoms with Gasteiger partial charge in [-0.05, 0) is 19.2 Å². The Morgan fingerprint density at radius 2 is 2.20 bits per heavy atom. The van der Waals surface area contributed by atoms with Crippen LogP contribution in [0.4, 0.5) is 0 Å². The summed E-state index contributed by atoms with van der Waals surface area (Å²) >= 11 is 0. The molecular weight excluding hydrogens is 192 g/mol. The lowest BCUT2D eigenvalue weighted by atomic mass is 9.86. The van der Waals surface area contributed by atoms with Crippen molar-refractivity contribution < 1.29 is 9.53 Å². The zero-order chi connectivity index (χ0) is 10.3. The molecule has 1 fully saturated rings. The third-order valence-corrected chi connectivity index (χ3v) is 3.19. The molecule has 0 aromatic carbocycles. The quantitative estimate of drug-likeness (QED) is 0.636. The Kier molecular flexibility index (Phi) is 1.79. The van der Waals surface area contributed by atoms with E-state index >= 15 is 0 Å². The van der Waals surface area contributed by atoms with Crippen LogP contribution in [0.25, 0.3) is 0 Å². The number of nitrogens with one attached hydrogen (secondary N) is 1. The van der Waals surface area contributed by atoms with Gasteiger partial charge < -0.3 is 10.1 Å². The van der Waals surface area contributed by atoms with E-state index in [1.807, 2.05) is 12.1 Å². The molecule has 1 aromatic rings. The van der Waals surface area contributed by atoms with Gasteiger partial charge in [0.2, 0.25) is 0 Å². The number of fused-ring (bicyclic) bond motifs is 2. The molecule has 1 aromatic heterocycles. The summed E-state index contributed by atoms with van der Waals surface area (Å²) in [6, 6.07) is 3.82. The second kappa shape index (κ2) is 3.03. The fourth-order valence-electron chi connectivity index (χ4n) is 2.42. The molecule has 2 aliphatic rings. The minimum atomic E-state index is -0.397. The molecule has 3 heterocycles. The molecule has 0 saturated carbocycles. The van der Waals surface area contributed by atoms with E-state index in [0.717, 1.165) is 31.5 Å². The van der Waals surface area contributed by atoms with E-state index in [4.69, 9.17) is 4.74 Å². The molecule has 0 atom stereocenters. The fraction of sp³-hybridized carbons (Fsp3) is 0.455. The first-order valence-corrected chi connectivity index (χ1v) is 5.21. The molecule has 78 valence electrons. The number of carbonyl (C=O) groups excluding carboxylic acids is 1. The Morgan fingerprint density at radius 3 is 3.00 bits per heavy atom. The molecule has 0 bridgehead atoms. The first kappa shape index (κ1) is 8.85. The van der Waals surface area contributed by atoms with Gasteiger partial charge in [-0.2, -0.15) is 0 Å². The summed E-state index contributed by atoms with van der Waals surface area (Å²) < 4.78 is 5.52. The number of esters is 1. The molecule has 0 amide bonds. The number of hydrogen-bond donors (Lipinski definition) is 1. The lowest BCUT2D eigenvalue weighted by molar-refractivity contribution is -0.0242. The van der Waals surface area contributed by atoms with Crippen molar-refractivity contribution in [2.45, 2.75) is 18.4 Å². The van der Waals surface area contributed by atoms with Gasteiger partial charge in [0, 0.05) is 24.6 Å². The molecule has 1 spiro atoms. The van der Waals surface area contributed by atoms with E-state index in [1.165, 1.54) is 0 Å². The van der Waals surface area contributed by atoms with Gasteiger partial charge in [0.1, 0.15) is 5.60 Å². The molecular formula is C11H12N2O2. The molecule has 0 radical (unpaired) electrons. The maximum absolute atomic E-state index is 11.6. The molecule has 0 aliphatic carbocycles. The first-order chi connectivity index (χ1) is 7.32. The first-order valence-electron chi connectivity index (χ1n) is 5.21. The Morgan fingerprint density at radius 1 is 1.40 bits per heavy atom. The fourth-order valence-corrected chi connectivity index (χ4v) is 2.42. The second-order valence-corrected chi connectivity index (χ2v) is 4.03. The van der Waals surface area contributed by atoms with Gasteiger partial charge in [0.25, 0.3) is 0 Å². The maximum Gasteiger partial charge on any atom is 0.358 e. The molecule has 1 saturated heterocycles. The van der Waals surface area contributed by atoms with Crippen molar-refractivity contribution in [2.75, 3.05) is 13.1 Å². The van der Waals surface area contributed by atoms with Crippen LogP contribution in [0.15, 0.2) is 18.3 Å². The summed E-state index contributed by atoms with van der Waals surface area (Å²) in [7, 11) is 0. The average molecular weight is 204 g/mol. The van der Waals surface area contributed by atoms with Gasteiger partial charge in [-0.3, -0.25) is 0 Å². The van der Waals surface area contributed by atoms with E-state index < -0.39 is 5.60 Å². The Balaban J connectivity index is 2.10. The maximum atomic E-state index is 11.6. The van der Waals surface area contributed by atoms with E-state index in [1.54, 1.807) is 6.20 Å². The molecule has 0 unspecified atom stereocenters. The summed E-state index contributed by atoms with van der Waals surface area (Å²) in [6.45, 7) is 1.78. The summed E-state index contributed by atoms with van der Waals surface area (Å²) in [5.74, 6) is -0.271. The standard InChI is InChI=1S/C11H12N2O2/c14-10-9-8(2-1-5-13-9)11(15-10)3-6-12-7-4-11/h1-2,5,12H,3-4,6-7H2. The van der Waals surface area contributed by atoms with Crippen LogP contribution in [0, 0.1) is 0 Å². The number of carbonyl (C=O) groups is 1. The van der Waals surface area contributed by atoms with Crippen LogP contribution in [0.3, 0.4) is 0 Å². The van der Waals surface area contributed by atoms with E-state index in [0.29, 0.717) is 5.69 Å². The number of piperidine rings is 1. The number of pyridine rings is 1. The summed E-state index contributed by atoms with van der Waals surface area (Å²) in [5, 5.41) is 3.27. The van der Waals surface area contributed by atoms with Crippen LogP contribution in [0.2, 0.25) is 0 Å². The number of hydrogen-bond acceptors (Lipinski definition) is 4. The Labute approximate surface area is 87.7 Å². The van der Waals surface area contributed by atoms with Crippen LogP contribution < -0.4 is 5.32 Å². The minimum Gasteiger partial charge on any atom is -0.449 e. The van der Waals surface area contributed by atoms with Crippen molar-refractivity contribution in [3.8, 4) is 0 Å². The van der Waals surface area contributed by atoms with Crippen LogP contribution in [0.5, 0.6) is 0 Å². The smallest absolute Gasteiger partial charge is 0.358 e. The van der Waals surface area contributed by atoms with Crippen molar-refractivity contribution in [3.05, 3.63) is 29.6 Å². The van der Waals surface area contributed by atoms with Crippen molar-refractivity contribution in [1.29, 1.82) is 0 Å². The lowest BCUT2D eigenvalue weighted by Gasteiger charge is -2.32. The normalized spacial score (nSPS) is 22.5. The van der Waals surface area contributed by atoms with Gasteiger partial charge >= 0.3 is 5.97 Å². The number of ether oxygens (including phenoxy) is 1. The van der Waals surface area contributed by atoms with E-state index in [2.05, 4.69) is 10.3 Å². The van der Waals surface area contributed by atoms with Gasteiger partial charge in [0.05, 0.1) is 0 Å². The van der Waals surface area contributed by atoms with Crippen LogP contribution in [0.1, 0.15) is 28.9 Å². The Hall–Kier alpha value is -1.42. The molecule has 1 N–H and O–H groups in total. The largest absolute Gasteiger partial charge is 0.449 e. The monoisotopic (exact) mass is 204 g/mol. The zero-order valence-corrected chi connectivity index (χ0v) is 8.32. The van der Waals surface area contributed by atoms with Crippen LogP contribution in [-0.2, 0) is 10.3 Å². The summed E-state index contributed by atoms with van der Waals surface area (Å²) in [4.78, 5) is 15.7. The van der Waals surface area contributed by atoms with Gasteiger partial charge in [0.15, 0.2) is 5.69 Å². The summed E-state index contributed by atoms with van der Waals surface area (Å²) in [5.41, 5.74) is 1.07. The molecule has 4 nitrogen and oxygen atoms in total. The third kappa shape index (κ3) is 1.18. The van der Waals surface area contributed by atoms with E-state index in [9.17, 15) is 4.79 Å². The molecule has 2 aliphatic heterocycles. The molecule has 3 rings (SSSR count). The zero-order valence-electron chi connectivity index (χ0n) is 8.32. The molecule has 15 heavy (non-hydrogen) atoms. The average Bonchev–Trinajstić information content (AvgIpc) is 2.55. The highest BCUT2D eigenvalue weighted by Gasteiger charge is 2.46. The van der Waals surface area contributed by atoms with E-state index in [-0.39, 0.29) is 5.97 Å². The van der Waals surface area contributed by atoms with Crippen LogP contribution in [-0.4, -0.2) is 24.0 Å². The minimum absolute atomic E-state index is 0.271. The number of nitrogens with zero attached hydrogens (tertiary/aromatic N) is 1. The summed E-state index contributed by atoms with van der Waals surface area (Å²) in [6.07, 6.45) is 3.33. The van der Waals surface area contributed by atoms with Gasteiger partial charge in [-0.15, -0.1) is 0 Å². The van der Waals surface area contributed by atoms with Gasteiger partial charge in [-0.25, -0.2) is 9.78 Å². The number of aromatic nitrogens is 1. The van der Waals surface area contributed by atoms with Crippen molar-refractivity contribution in [1.82, 2.24) is 10.3 Å². The van der Waals surface area contributed by atoms with Crippen molar-refractivity contribution in [2.24, 2.45) is 0 Å². The Bertz CT molecular complexity index is 411. The lowest BCUT2D eigenvalue weighted by Crippen LogP contribution is -2.39. The molecule has 4 heteroatoms. The van der Waals surface area contributed by atoms with Crippen molar-refractivity contribution >= 4 is 5.97 Å². The third-order valence-electron chi connectivity index (χ3n) is 3.19. The highest BCUT2D eigenvalue weighted by atomic mass is 16.6. The van der Waals surface area contributed by atoms with Gasteiger partial charge in [-0.1, -0.05) is 6.07 Å². The highest BCUT2D eigenvalue weighted by Crippen LogP contribution is 2.41. The highest BCUT2D eigenvalue weighted by molar-refractivity contribution is 5.92. The second-order valence-electron chi connectivity index (χ2n) is 4.03. The topological polar surface area (TPSA) is 51.2 Å². The SMILES string of the molecule is O=C1OC2(CCNCC2)c2cccnc21.